The fourth-order valence-corrected chi connectivity index (χ4v) is 2.29. The predicted molar refractivity (Wildman–Crippen MR) is 59.7 cm³/mol. The molecule has 0 aliphatic heterocycles. The molecule has 0 aromatic heterocycles. The van der Waals surface area contributed by atoms with E-state index in [1.165, 1.54) is 21.2 Å². The fourth-order valence-electron chi connectivity index (χ4n) is 1.76. The standard InChI is InChI=1S/C11H12BrN/c1-13-7-8-5-6-10-9(8)3-2-4-11(10)12/h2-5,13H,6-7H2,1H3. The van der Waals surface area contributed by atoms with Crippen LogP contribution in [0.15, 0.2) is 28.7 Å². The summed E-state index contributed by atoms with van der Waals surface area (Å²) in [5.74, 6) is 0. The van der Waals surface area contributed by atoms with Gasteiger partial charge in [0.2, 0.25) is 0 Å². The molecular formula is C11H12BrN. The summed E-state index contributed by atoms with van der Waals surface area (Å²) in [6.07, 6.45) is 3.36. The Morgan fingerprint density at radius 1 is 1.46 bits per heavy atom. The largest absolute Gasteiger partial charge is 0.316 e. The second-order valence-electron chi connectivity index (χ2n) is 3.23. The van der Waals surface area contributed by atoms with Crippen molar-refractivity contribution in [3.63, 3.8) is 0 Å². The predicted octanol–water partition coefficient (Wildman–Crippen LogP) is 2.61. The number of allylic oxidation sites excluding steroid dienone is 1. The molecule has 0 unspecified atom stereocenters. The molecule has 1 nitrogen and oxygen atoms in total. The van der Waals surface area contributed by atoms with Crippen LogP contribution >= 0.6 is 15.9 Å². The smallest absolute Gasteiger partial charge is 0.0216 e. The van der Waals surface area contributed by atoms with E-state index >= 15 is 0 Å². The van der Waals surface area contributed by atoms with Gasteiger partial charge in [0.15, 0.2) is 0 Å². The van der Waals surface area contributed by atoms with Crippen LogP contribution in [-0.2, 0) is 6.42 Å². The topological polar surface area (TPSA) is 12.0 Å². The summed E-state index contributed by atoms with van der Waals surface area (Å²) in [6, 6.07) is 6.39. The van der Waals surface area contributed by atoms with Crippen molar-refractivity contribution in [1.29, 1.82) is 0 Å². The van der Waals surface area contributed by atoms with Gasteiger partial charge in [0.05, 0.1) is 0 Å². The van der Waals surface area contributed by atoms with Crippen molar-refractivity contribution in [3.05, 3.63) is 39.9 Å². The highest BCUT2D eigenvalue weighted by molar-refractivity contribution is 9.10. The van der Waals surface area contributed by atoms with Crippen LogP contribution in [-0.4, -0.2) is 13.6 Å². The number of fused-ring (bicyclic) bond motifs is 1. The molecule has 2 heteroatoms. The Hall–Kier alpha value is -0.600. The molecule has 0 saturated heterocycles. The number of rotatable bonds is 2. The molecule has 0 atom stereocenters. The zero-order valence-electron chi connectivity index (χ0n) is 7.60. The molecule has 1 aliphatic carbocycles. The van der Waals surface area contributed by atoms with E-state index in [1.54, 1.807) is 0 Å². The molecule has 1 N–H and O–H groups in total. The van der Waals surface area contributed by atoms with Gasteiger partial charge in [0.25, 0.3) is 0 Å². The van der Waals surface area contributed by atoms with Gasteiger partial charge in [0, 0.05) is 11.0 Å². The van der Waals surface area contributed by atoms with Crippen LogP contribution in [0.5, 0.6) is 0 Å². The van der Waals surface area contributed by atoms with Gasteiger partial charge in [-0.1, -0.05) is 34.1 Å². The van der Waals surface area contributed by atoms with Crippen molar-refractivity contribution in [3.8, 4) is 0 Å². The highest BCUT2D eigenvalue weighted by Crippen LogP contribution is 2.31. The second-order valence-corrected chi connectivity index (χ2v) is 4.08. The average Bonchev–Trinajstić information content (AvgIpc) is 2.51. The van der Waals surface area contributed by atoms with Gasteiger partial charge in [0.1, 0.15) is 0 Å². The molecule has 0 bridgehead atoms. The first-order valence-electron chi connectivity index (χ1n) is 4.44. The summed E-state index contributed by atoms with van der Waals surface area (Å²) in [5.41, 5.74) is 4.23. The van der Waals surface area contributed by atoms with E-state index in [9.17, 15) is 0 Å². The molecule has 0 radical (unpaired) electrons. The van der Waals surface area contributed by atoms with E-state index in [0.717, 1.165) is 13.0 Å². The first-order valence-corrected chi connectivity index (χ1v) is 5.23. The van der Waals surface area contributed by atoms with E-state index in [1.807, 2.05) is 7.05 Å². The van der Waals surface area contributed by atoms with E-state index in [2.05, 4.69) is 45.5 Å². The maximum atomic E-state index is 3.57. The third kappa shape index (κ3) is 1.56. The van der Waals surface area contributed by atoms with Crippen LogP contribution < -0.4 is 5.32 Å². The number of hydrogen-bond donors (Lipinski definition) is 1. The number of hydrogen-bond acceptors (Lipinski definition) is 1. The third-order valence-corrected chi connectivity index (χ3v) is 3.13. The van der Waals surface area contributed by atoms with Gasteiger partial charge in [-0.15, -0.1) is 0 Å². The monoisotopic (exact) mass is 237 g/mol. The zero-order chi connectivity index (χ0) is 9.26. The maximum Gasteiger partial charge on any atom is 0.0216 e. The molecule has 1 aromatic rings. The Morgan fingerprint density at radius 3 is 3.08 bits per heavy atom. The maximum absolute atomic E-state index is 3.57. The third-order valence-electron chi connectivity index (χ3n) is 2.38. The van der Waals surface area contributed by atoms with Gasteiger partial charge < -0.3 is 5.32 Å². The average molecular weight is 238 g/mol. The molecule has 0 fully saturated rings. The second kappa shape index (κ2) is 3.64. The Labute approximate surface area is 87.0 Å². The molecule has 13 heavy (non-hydrogen) atoms. The SMILES string of the molecule is CNCC1=CCc2c(Br)cccc21. The number of benzene rings is 1. The van der Waals surface area contributed by atoms with Gasteiger partial charge in [-0.2, -0.15) is 0 Å². The lowest BCUT2D eigenvalue weighted by Crippen LogP contribution is -2.08. The van der Waals surface area contributed by atoms with Crippen molar-refractivity contribution >= 4 is 21.5 Å². The molecule has 0 spiro atoms. The first-order chi connectivity index (χ1) is 6.33. The highest BCUT2D eigenvalue weighted by atomic mass is 79.9. The Kier molecular flexibility index (Phi) is 2.51. The first kappa shape index (κ1) is 8.97. The molecule has 68 valence electrons. The molecule has 0 saturated carbocycles. The van der Waals surface area contributed by atoms with Crippen molar-refractivity contribution in [2.75, 3.05) is 13.6 Å². The highest BCUT2D eigenvalue weighted by Gasteiger charge is 2.14. The Balaban J connectivity index is 2.39. The molecular weight excluding hydrogens is 226 g/mol. The zero-order valence-corrected chi connectivity index (χ0v) is 9.19. The molecule has 1 aromatic carbocycles. The summed E-state index contributed by atoms with van der Waals surface area (Å²) in [6.45, 7) is 0.962. The normalized spacial score (nSPS) is 14.2. The fraction of sp³-hybridized carbons (Fsp3) is 0.273. The molecule has 0 heterocycles. The van der Waals surface area contributed by atoms with Gasteiger partial charge in [-0.25, -0.2) is 0 Å². The lowest BCUT2D eigenvalue weighted by molar-refractivity contribution is 0.932. The van der Waals surface area contributed by atoms with E-state index in [-0.39, 0.29) is 0 Å². The van der Waals surface area contributed by atoms with Crippen LogP contribution in [0.2, 0.25) is 0 Å². The van der Waals surface area contributed by atoms with E-state index in [0.29, 0.717) is 0 Å². The number of likely N-dealkylation sites (N-methyl/N-ethyl adjacent to an activating group) is 1. The van der Waals surface area contributed by atoms with Crippen LogP contribution in [0.3, 0.4) is 0 Å². The lowest BCUT2D eigenvalue weighted by atomic mass is 10.1. The Morgan fingerprint density at radius 2 is 2.31 bits per heavy atom. The molecule has 1 aliphatic rings. The van der Waals surface area contributed by atoms with Crippen LogP contribution in [0.25, 0.3) is 5.57 Å². The molecule has 0 amide bonds. The number of halogens is 1. The summed E-state index contributed by atoms with van der Waals surface area (Å²) in [4.78, 5) is 0. The minimum Gasteiger partial charge on any atom is -0.316 e. The Bertz CT molecular complexity index is 355. The summed E-state index contributed by atoms with van der Waals surface area (Å²) >= 11 is 3.57. The van der Waals surface area contributed by atoms with Crippen LogP contribution in [0.4, 0.5) is 0 Å². The molecule has 2 rings (SSSR count). The van der Waals surface area contributed by atoms with Crippen molar-refractivity contribution in [2.45, 2.75) is 6.42 Å². The van der Waals surface area contributed by atoms with E-state index in [4.69, 9.17) is 0 Å². The van der Waals surface area contributed by atoms with Crippen molar-refractivity contribution in [2.24, 2.45) is 0 Å². The van der Waals surface area contributed by atoms with Gasteiger partial charge in [-0.05, 0) is 36.2 Å². The number of nitrogens with one attached hydrogen (secondary N) is 1. The van der Waals surface area contributed by atoms with Crippen LogP contribution in [0, 0.1) is 0 Å². The summed E-state index contributed by atoms with van der Waals surface area (Å²) < 4.78 is 1.23. The minimum absolute atomic E-state index is 0.962. The van der Waals surface area contributed by atoms with Gasteiger partial charge >= 0.3 is 0 Å². The minimum atomic E-state index is 0.962. The summed E-state index contributed by atoms with van der Waals surface area (Å²) in [7, 11) is 1.98. The summed E-state index contributed by atoms with van der Waals surface area (Å²) in [5, 5.41) is 3.19. The van der Waals surface area contributed by atoms with Gasteiger partial charge in [-0.3, -0.25) is 0 Å². The van der Waals surface area contributed by atoms with Crippen molar-refractivity contribution < 1.29 is 0 Å². The van der Waals surface area contributed by atoms with Crippen molar-refractivity contribution in [1.82, 2.24) is 5.32 Å². The quantitative estimate of drug-likeness (QED) is 0.835. The lowest BCUT2D eigenvalue weighted by Gasteiger charge is -2.05. The van der Waals surface area contributed by atoms with E-state index < -0.39 is 0 Å². The van der Waals surface area contributed by atoms with Crippen LogP contribution in [0.1, 0.15) is 11.1 Å².